The van der Waals surface area contributed by atoms with Gasteiger partial charge in [0.05, 0.1) is 10.6 Å². The van der Waals surface area contributed by atoms with E-state index in [0.717, 1.165) is 11.0 Å². The second-order valence-corrected chi connectivity index (χ2v) is 7.14. The molecule has 0 saturated carbocycles. The van der Waals surface area contributed by atoms with E-state index in [4.69, 9.17) is 11.6 Å². The van der Waals surface area contributed by atoms with E-state index in [1.807, 2.05) is 12.1 Å². The number of hydrogen-bond donors (Lipinski definition) is 2. The molecule has 1 saturated heterocycles. The van der Waals surface area contributed by atoms with E-state index in [-0.39, 0.29) is 23.7 Å². The summed E-state index contributed by atoms with van der Waals surface area (Å²) in [6.07, 6.45) is 2.37. The van der Waals surface area contributed by atoms with E-state index in [0.29, 0.717) is 23.2 Å². The minimum atomic E-state index is -0.125. The van der Waals surface area contributed by atoms with Crippen molar-refractivity contribution in [1.82, 2.24) is 10.6 Å². The van der Waals surface area contributed by atoms with Crippen LogP contribution in [0.3, 0.4) is 0 Å². The first kappa shape index (κ1) is 18.8. The van der Waals surface area contributed by atoms with Crippen LogP contribution in [0.4, 0.5) is 0 Å². The van der Waals surface area contributed by atoms with Crippen molar-refractivity contribution in [3.05, 3.63) is 33.3 Å². The number of rotatable bonds is 3. The second-order valence-electron chi connectivity index (χ2n) is 5.91. The standard InChI is InChI=1S/C15H20BrClN2O.ClH/c1-15(2)7-4-8-18-12(15)9-19-14(20)10-5-3-6-11(16)13(10)17;/h3,5-6,12,18H,4,7-9H2,1-2H3,(H,19,20);1H. The summed E-state index contributed by atoms with van der Waals surface area (Å²) >= 11 is 9.48. The van der Waals surface area contributed by atoms with Crippen LogP contribution in [-0.4, -0.2) is 25.0 Å². The predicted octanol–water partition coefficient (Wildman–Crippen LogP) is 4.03. The summed E-state index contributed by atoms with van der Waals surface area (Å²) in [5.74, 6) is -0.125. The van der Waals surface area contributed by atoms with Crippen LogP contribution >= 0.6 is 39.9 Å². The number of piperidine rings is 1. The number of carbonyl (C=O) groups excluding carboxylic acids is 1. The molecule has 1 heterocycles. The number of carbonyl (C=O) groups is 1. The highest BCUT2D eigenvalue weighted by Gasteiger charge is 2.32. The van der Waals surface area contributed by atoms with Gasteiger partial charge < -0.3 is 10.6 Å². The molecule has 0 aromatic heterocycles. The zero-order valence-electron chi connectivity index (χ0n) is 12.2. The van der Waals surface area contributed by atoms with Crippen LogP contribution in [0.15, 0.2) is 22.7 Å². The van der Waals surface area contributed by atoms with Gasteiger partial charge >= 0.3 is 0 Å². The lowest BCUT2D eigenvalue weighted by molar-refractivity contribution is 0.0929. The van der Waals surface area contributed by atoms with Crippen molar-refractivity contribution in [2.45, 2.75) is 32.7 Å². The van der Waals surface area contributed by atoms with E-state index < -0.39 is 0 Å². The fraction of sp³-hybridized carbons (Fsp3) is 0.533. The maximum atomic E-state index is 12.2. The third-order valence-corrected chi connectivity index (χ3v) is 5.29. The summed E-state index contributed by atoms with van der Waals surface area (Å²) in [4.78, 5) is 12.2. The van der Waals surface area contributed by atoms with Crippen molar-refractivity contribution in [3.8, 4) is 0 Å². The molecule has 3 nitrogen and oxygen atoms in total. The van der Waals surface area contributed by atoms with Gasteiger partial charge in [-0.05, 0) is 52.9 Å². The molecule has 0 spiro atoms. The smallest absolute Gasteiger partial charge is 0.252 e. The van der Waals surface area contributed by atoms with Crippen LogP contribution in [0.1, 0.15) is 37.0 Å². The molecule has 21 heavy (non-hydrogen) atoms. The fourth-order valence-corrected chi connectivity index (χ4v) is 3.17. The quantitative estimate of drug-likeness (QED) is 0.810. The molecule has 1 unspecified atom stereocenters. The molecular weight excluding hydrogens is 375 g/mol. The molecule has 2 rings (SSSR count). The third-order valence-electron chi connectivity index (χ3n) is 3.99. The molecule has 0 bridgehead atoms. The summed E-state index contributed by atoms with van der Waals surface area (Å²) in [5.41, 5.74) is 0.710. The summed E-state index contributed by atoms with van der Waals surface area (Å²) in [6, 6.07) is 5.67. The number of nitrogens with one attached hydrogen (secondary N) is 2. The molecular formula is C15H21BrCl2N2O. The van der Waals surface area contributed by atoms with Gasteiger partial charge in [0, 0.05) is 17.1 Å². The van der Waals surface area contributed by atoms with Crippen LogP contribution in [0.25, 0.3) is 0 Å². The third kappa shape index (κ3) is 4.59. The largest absolute Gasteiger partial charge is 0.350 e. The lowest BCUT2D eigenvalue weighted by atomic mass is 9.77. The highest BCUT2D eigenvalue weighted by Crippen LogP contribution is 2.30. The van der Waals surface area contributed by atoms with Crippen molar-refractivity contribution in [1.29, 1.82) is 0 Å². The molecule has 118 valence electrons. The summed E-state index contributed by atoms with van der Waals surface area (Å²) in [7, 11) is 0. The molecule has 1 aromatic rings. The first-order valence-corrected chi connectivity index (χ1v) is 8.04. The van der Waals surface area contributed by atoms with Crippen molar-refractivity contribution in [2.24, 2.45) is 5.41 Å². The minimum Gasteiger partial charge on any atom is -0.350 e. The number of halogens is 3. The topological polar surface area (TPSA) is 41.1 Å². The Balaban J connectivity index is 0.00000220. The fourth-order valence-electron chi connectivity index (χ4n) is 2.59. The molecule has 1 atom stereocenters. The first-order chi connectivity index (χ1) is 9.42. The molecule has 0 aliphatic carbocycles. The molecule has 2 N–H and O–H groups in total. The van der Waals surface area contributed by atoms with Gasteiger partial charge in [0.25, 0.3) is 5.91 Å². The van der Waals surface area contributed by atoms with Gasteiger partial charge in [0.1, 0.15) is 0 Å². The van der Waals surface area contributed by atoms with Gasteiger partial charge in [-0.15, -0.1) is 12.4 Å². The number of amides is 1. The molecule has 0 radical (unpaired) electrons. The van der Waals surface area contributed by atoms with Crippen molar-refractivity contribution >= 4 is 45.8 Å². The van der Waals surface area contributed by atoms with Gasteiger partial charge in [-0.1, -0.05) is 31.5 Å². The lowest BCUT2D eigenvalue weighted by Gasteiger charge is -2.39. The maximum Gasteiger partial charge on any atom is 0.252 e. The normalized spacial score (nSPS) is 20.5. The zero-order valence-corrected chi connectivity index (χ0v) is 15.4. The van der Waals surface area contributed by atoms with Gasteiger partial charge in [-0.25, -0.2) is 0 Å². The van der Waals surface area contributed by atoms with Crippen molar-refractivity contribution in [3.63, 3.8) is 0 Å². The Bertz CT molecular complexity index is 508. The average Bonchev–Trinajstić information content (AvgIpc) is 2.40. The second kappa shape index (κ2) is 7.82. The van der Waals surface area contributed by atoms with Crippen LogP contribution in [-0.2, 0) is 0 Å². The highest BCUT2D eigenvalue weighted by atomic mass is 79.9. The maximum absolute atomic E-state index is 12.2. The Morgan fingerprint density at radius 1 is 1.52 bits per heavy atom. The van der Waals surface area contributed by atoms with Crippen LogP contribution in [0, 0.1) is 5.41 Å². The van der Waals surface area contributed by atoms with E-state index >= 15 is 0 Å². The molecule has 6 heteroatoms. The Morgan fingerprint density at radius 2 is 2.24 bits per heavy atom. The molecule has 1 aromatic carbocycles. The Hall–Kier alpha value is -0.290. The van der Waals surface area contributed by atoms with Gasteiger partial charge in [-0.3, -0.25) is 4.79 Å². The summed E-state index contributed by atoms with van der Waals surface area (Å²) < 4.78 is 0.739. The summed E-state index contributed by atoms with van der Waals surface area (Å²) in [6.45, 7) is 6.11. The molecule has 1 aliphatic rings. The van der Waals surface area contributed by atoms with Gasteiger partial charge in [0.15, 0.2) is 0 Å². The zero-order chi connectivity index (χ0) is 14.8. The Kier molecular flexibility index (Phi) is 6.98. The highest BCUT2D eigenvalue weighted by molar-refractivity contribution is 9.10. The first-order valence-electron chi connectivity index (χ1n) is 6.87. The van der Waals surface area contributed by atoms with Crippen LogP contribution in [0.2, 0.25) is 5.02 Å². The number of hydrogen-bond acceptors (Lipinski definition) is 2. The van der Waals surface area contributed by atoms with Crippen LogP contribution < -0.4 is 10.6 Å². The van der Waals surface area contributed by atoms with E-state index in [2.05, 4.69) is 40.4 Å². The van der Waals surface area contributed by atoms with Crippen molar-refractivity contribution < 1.29 is 4.79 Å². The monoisotopic (exact) mass is 394 g/mol. The predicted molar refractivity (Wildman–Crippen MR) is 93.5 cm³/mol. The lowest BCUT2D eigenvalue weighted by Crippen LogP contribution is -2.52. The molecule has 1 aliphatic heterocycles. The summed E-state index contributed by atoms with van der Waals surface area (Å²) in [5, 5.41) is 6.93. The number of benzene rings is 1. The molecule has 1 fully saturated rings. The van der Waals surface area contributed by atoms with Crippen LogP contribution in [0.5, 0.6) is 0 Å². The van der Waals surface area contributed by atoms with Gasteiger partial charge in [0.2, 0.25) is 0 Å². The average molecular weight is 396 g/mol. The van der Waals surface area contributed by atoms with E-state index in [9.17, 15) is 4.79 Å². The SMILES string of the molecule is CC1(C)CCCNC1CNC(=O)c1cccc(Br)c1Cl.Cl. The van der Waals surface area contributed by atoms with E-state index in [1.54, 1.807) is 6.07 Å². The van der Waals surface area contributed by atoms with Crippen molar-refractivity contribution in [2.75, 3.05) is 13.1 Å². The van der Waals surface area contributed by atoms with E-state index in [1.165, 1.54) is 12.8 Å². The Labute approximate surface area is 145 Å². The minimum absolute atomic E-state index is 0. The van der Waals surface area contributed by atoms with Gasteiger partial charge in [-0.2, -0.15) is 0 Å². The Morgan fingerprint density at radius 3 is 2.90 bits per heavy atom. The molecule has 1 amide bonds.